The van der Waals surface area contributed by atoms with Crippen LogP contribution in [0.3, 0.4) is 0 Å². The molecule has 0 aliphatic heterocycles. The molecule has 0 unspecified atom stereocenters. The fraction of sp³-hybridized carbons (Fsp3) is 0.167. The zero-order chi connectivity index (χ0) is 17.5. The number of nitrogens with zero attached hydrogens (tertiary/aromatic N) is 3. The van der Waals surface area contributed by atoms with E-state index in [2.05, 4.69) is 26.6 Å². The first-order valence-electron chi connectivity index (χ1n) is 7.66. The number of hydrazone groups is 1. The Balaban J connectivity index is 1.68. The number of thioether (sulfide) groups is 1. The lowest BCUT2D eigenvalue weighted by Crippen LogP contribution is -1.95. The van der Waals surface area contributed by atoms with Crippen LogP contribution in [0.15, 0.2) is 58.1 Å². The number of aromatic nitrogens is 2. The molecular formula is C18H18N4OS2. The largest absolute Gasteiger partial charge is 0.496 e. The third-order valence-corrected chi connectivity index (χ3v) is 5.17. The number of thiazole rings is 1. The lowest BCUT2D eigenvalue weighted by molar-refractivity contribution is 0.411. The molecule has 0 fully saturated rings. The minimum atomic E-state index is 0.779. The van der Waals surface area contributed by atoms with Crippen LogP contribution >= 0.6 is 23.1 Å². The summed E-state index contributed by atoms with van der Waals surface area (Å²) in [4.78, 5) is 8.65. The van der Waals surface area contributed by atoms with Crippen molar-refractivity contribution in [3.8, 4) is 5.75 Å². The van der Waals surface area contributed by atoms with E-state index >= 15 is 0 Å². The van der Waals surface area contributed by atoms with Gasteiger partial charge in [-0.1, -0.05) is 6.07 Å². The number of hydrogen-bond donors (Lipinski definition) is 1. The first kappa shape index (κ1) is 17.4. The molecule has 3 rings (SSSR count). The van der Waals surface area contributed by atoms with Crippen molar-refractivity contribution >= 4 is 34.4 Å². The van der Waals surface area contributed by atoms with Crippen LogP contribution in [-0.4, -0.2) is 23.3 Å². The lowest BCUT2D eigenvalue weighted by Gasteiger charge is -2.09. The predicted octanol–water partition coefficient (Wildman–Crippen LogP) is 4.59. The van der Waals surface area contributed by atoms with Gasteiger partial charge in [-0.3, -0.25) is 5.43 Å². The number of rotatable bonds is 7. The third-order valence-electron chi connectivity index (χ3n) is 3.31. The van der Waals surface area contributed by atoms with Crippen LogP contribution < -0.4 is 10.2 Å². The van der Waals surface area contributed by atoms with Gasteiger partial charge in [-0.2, -0.15) is 5.10 Å². The summed E-state index contributed by atoms with van der Waals surface area (Å²) in [6.07, 6.45) is 3.58. The molecule has 1 N–H and O–H groups in total. The van der Waals surface area contributed by atoms with Gasteiger partial charge in [0, 0.05) is 22.9 Å². The van der Waals surface area contributed by atoms with E-state index in [9.17, 15) is 0 Å². The van der Waals surface area contributed by atoms with Gasteiger partial charge in [0.1, 0.15) is 5.75 Å². The van der Waals surface area contributed by atoms with Gasteiger partial charge in [-0.05, 0) is 42.8 Å². The summed E-state index contributed by atoms with van der Waals surface area (Å²) >= 11 is 3.21. The SMILES string of the molecule is COc1ccc(C=NNc2nc(C)cs2)cc1CSc1ccccn1. The second kappa shape index (κ2) is 8.64. The Bertz CT molecular complexity index is 849. The van der Waals surface area contributed by atoms with Crippen LogP contribution in [0.5, 0.6) is 5.75 Å². The molecule has 7 heteroatoms. The van der Waals surface area contributed by atoms with Crippen molar-refractivity contribution in [1.82, 2.24) is 9.97 Å². The number of methoxy groups -OCH3 is 1. The lowest BCUT2D eigenvalue weighted by atomic mass is 10.1. The average molecular weight is 371 g/mol. The summed E-state index contributed by atoms with van der Waals surface area (Å²) in [5.74, 6) is 1.64. The fourth-order valence-electron chi connectivity index (χ4n) is 2.14. The van der Waals surface area contributed by atoms with Crippen LogP contribution in [0, 0.1) is 6.92 Å². The van der Waals surface area contributed by atoms with Crippen molar-refractivity contribution in [3.05, 3.63) is 64.8 Å². The standard InChI is InChI=1S/C18H18N4OS2/c1-13-11-25-18(21-13)22-20-10-14-6-7-16(23-2)15(9-14)12-24-17-5-3-4-8-19-17/h3-11H,12H2,1-2H3,(H,21,22). The minimum absolute atomic E-state index is 0.779. The zero-order valence-electron chi connectivity index (χ0n) is 14.0. The van der Waals surface area contributed by atoms with Gasteiger partial charge in [-0.25, -0.2) is 9.97 Å². The van der Waals surface area contributed by atoms with E-state index in [1.54, 1.807) is 31.3 Å². The second-order valence-corrected chi connectivity index (χ2v) is 7.05. The van der Waals surface area contributed by atoms with Gasteiger partial charge < -0.3 is 4.74 Å². The molecule has 128 valence electrons. The number of hydrogen-bond acceptors (Lipinski definition) is 7. The molecule has 0 saturated carbocycles. The van der Waals surface area contributed by atoms with Gasteiger partial charge in [0.2, 0.25) is 5.13 Å². The van der Waals surface area contributed by atoms with Gasteiger partial charge in [-0.15, -0.1) is 23.1 Å². The van der Waals surface area contributed by atoms with Crippen LogP contribution in [0.1, 0.15) is 16.8 Å². The second-order valence-electron chi connectivity index (χ2n) is 5.19. The van der Waals surface area contributed by atoms with Crippen LogP contribution in [0.2, 0.25) is 0 Å². The van der Waals surface area contributed by atoms with Crippen LogP contribution in [-0.2, 0) is 5.75 Å². The Hall–Kier alpha value is -2.38. The predicted molar refractivity (Wildman–Crippen MR) is 105 cm³/mol. The monoisotopic (exact) mass is 370 g/mol. The van der Waals surface area contributed by atoms with E-state index in [1.165, 1.54) is 11.3 Å². The molecule has 1 aromatic carbocycles. The van der Waals surface area contributed by atoms with Crippen molar-refractivity contribution in [3.63, 3.8) is 0 Å². The van der Waals surface area contributed by atoms with E-state index in [0.29, 0.717) is 0 Å². The van der Waals surface area contributed by atoms with E-state index in [4.69, 9.17) is 4.74 Å². The highest BCUT2D eigenvalue weighted by Gasteiger charge is 2.05. The normalized spacial score (nSPS) is 11.0. The number of anilines is 1. The molecule has 2 heterocycles. The number of benzene rings is 1. The molecular weight excluding hydrogens is 352 g/mol. The molecule has 0 aliphatic rings. The summed E-state index contributed by atoms with van der Waals surface area (Å²) in [5.41, 5.74) is 6.04. The molecule has 5 nitrogen and oxygen atoms in total. The number of pyridine rings is 1. The van der Waals surface area contributed by atoms with E-state index in [-0.39, 0.29) is 0 Å². The Morgan fingerprint density at radius 2 is 2.24 bits per heavy atom. The number of ether oxygens (including phenoxy) is 1. The van der Waals surface area contributed by atoms with E-state index in [0.717, 1.165) is 38.5 Å². The summed E-state index contributed by atoms with van der Waals surface area (Å²) in [5, 5.41) is 8.01. The fourth-order valence-corrected chi connectivity index (χ4v) is 3.62. The molecule has 0 saturated heterocycles. The number of nitrogens with one attached hydrogen (secondary N) is 1. The topological polar surface area (TPSA) is 59.4 Å². The summed E-state index contributed by atoms with van der Waals surface area (Å²) in [6, 6.07) is 11.9. The first-order chi connectivity index (χ1) is 12.2. The minimum Gasteiger partial charge on any atom is -0.496 e. The summed E-state index contributed by atoms with van der Waals surface area (Å²) < 4.78 is 5.46. The van der Waals surface area contributed by atoms with Crippen molar-refractivity contribution in [1.29, 1.82) is 0 Å². The van der Waals surface area contributed by atoms with Crippen LogP contribution in [0.4, 0.5) is 5.13 Å². The van der Waals surface area contributed by atoms with Crippen molar-refractivity contribution in [2.45, 2.75) is 17.7 Å². The Morgan fingerprint density at radius 3 is 2.96 bits per heavy atom. The zero-order valence-corrected chi connectivity index (χ0v) is 15.6. The summed E-state index contributed by atoms with van der Waals surface area (Å²) in [7, 11) is 1.68. The molecule has 0 atom stereocenters. The van der Waals surface area contributed by atoms with E-state index in [1.807, 2.05) is 42.6 Å². The van der Waals surface area contributed by atoms with Crippen LogP contribution in [0.25, 0.3) is 0 Å². The molecule has 2 aromatic heterocycles. The molecule has 0 aliphatic carbocycles. The quantitative estimate of drug-likeness (QED) is 0.374. The Kier molecular flexibility index (Phi) is 6.03. The highest BCUT2D eigenvalue weighted by Crippen LogP contribution is 2.27. The van der Waals surface area contributed by atoms with Gasteiger partial charge in [0.25, 0.3) is 0 Å². The molecule has 0 spiro atoms. The maximum atomic E-state index is 5.46. The first-order valence-corrected chi connectivity index (χ1v) is 9.53. The molecule has 0 amide bonds. The van der Waals surface area contributed by atoms with Crippen molar-refractivity contribution in [2.75, 3.05) is 12.5 Å². The van der Waals surface area contributed by atoms with Gasteiger partial charge in [0.05, 0.1) is 24.0 Å². The number of aryl methyl sites for hydroxylation is 1. The summed E-state index contributed by atoms with van der Waals surface area (Å²) in [6.45, 7) is 1.96. The molecule has 25 heavy (non-hydrogen) atoms. The van der Waals surface area contributed by atoms with Gasteiger partial charge >= 0.3 is 0 Å². The maximum absolute atomic E-state index is 5.46. The average Bonchev–Trinajstić information content (AvgIpc) is 3.06. The van der Waals surface area contributed by atoms with Crippen molar-refractivity contribution in [2.24, 2.45) is 5.10 Å². The third kappa shape index (κ3) is 5.04. The molecule has 0 radical (unpaired) electrons. The van der Waals surface area contributed by atoms with E-state index < -0.39 is 0 Å². The highest BCUT2D eigenvalue weighted by atomic mass is 32.2. The molecule has 0 bridgehead atoms. The molecule has 3 aromatic rings. The highest BCUT2D eigenvalue weighted by molar-refractivity contribution is 7.98. The van der Waals surface area contributed by atoms with Gasteiger partial charge in [0.15, 0.2) is 0 Å². The van der Waals surface area contributed by atoms with Crippen molar-refractivity contribution < 1.29 is 4.74 Å². The smallest absolute Gasteiger partial charge is 0.203 e. The Labute approximate surface area is 155 Å². The Morgan fingerprint density at radius 1 is 1.32 bits per heavy atom. The maximum Gasteiger partial charge on any atom is 0.203 e.